The summed E-state index contributed by atoms with van der Waals surface area (Å²) in [6.07, 6.45) is 2.64. The predicted octanol–water partition coefficient (Wildman–Crippen LogP) is 0.421. The Hall–Kier alpha value is -0.0800. The molecule has 1 radical (unpaired) electrons. The van der Waals surface area contributed by atoms with E-state index >= 15 is 0 Å². The summed E-state index contributed by atoms with van der Waals surface area (Å²) in [4.78, 5) is 0. The van der Waals surface area contributed by atoms with Crippen LogP contribution in [0.25, 0.3) is 0 Å². The molecule has 0 aromatic rings. The molecule has 1 rings (SSSR count). The molecule has 2 heteroatoms. The van der Waals surface area contributed by atoms with E-state index in [2.05, 4.69) is 17.4 Å². The van der Waals surface area contributed by atoms with E-state index in [4.69, 9.17) is 0 Å². The second-order valence-electron chi connectivity index (χ2n) is 2.10. The lowest BCUT2D eigenvalue weighted by Crippen LogP contribution is -2.42. The maximum absolute atomic E-state index is 3.77. The van der Waals surface area contributed by atoms with Gasteiger partial charge >= 0.3 is 0 Å². The maximum atomic E-state index is 3.77. The molecule has 0 spiro atoms. The summed E-state index contributed by atoms with van der Waals surface area (Å²) in [7, 11) is 0. The summed E-state index contributed by atoms with van der Waals surface area (Å²) < 4.78 is 0. The van der Waals surface area contributed by atoms with Gasteiger partial charge in [-0.1, -0.05) is 0 Å². The minimum absolute atomic E-state index is 0.889. The van der Waals surface area contributed by atoms with E-state index in [1.54, 1.807) is 0 Å². The van der Waals surface area contributed by atoms with Crippen molar-refractivity contribution in [3.8, 4) is 0 Å². The first-order valence-corrected chi connectivity index (χ1v) is 3.21. The van der Waals surface area contributed by atoms with Crippen LogP contribution in [0, 0.1) is 6.92 Å². The van der Waals surface area contributed by atoms with Crippen molar-refractivity contribution in [3.05, 3.63) is 6.92 Å². The van der Waals surface area contributed by atoms with Gasteiger partial charge in [-0.15, -0.1) is 0 Å². The van der Waals surface area contributed by atoms with E-state index in [0.29, 0.717) is 0 Å². The van der Waals surface area contributed by atoms with Crippen LogP contribution in [0.1, 0.15) is 12.8 Å². The summed E-state index contributed by atoms with van der Waals surface area (Å²) >= 11 is 0. The molecule has 8 heavy (non-hydrogen) atoms. The SMILES string of the molecule is [CH2]CN1CCCCN1. The van der Waals surface area contributed by atoms with Gasteiger partial charge in [-0.05, 0) is 19.8 Å². The average molecular weight is 113 g/mol. The van der Waals surface area contributed by atoms with Crippen molar-refractivity contribution in [2.24, 2.45) is 0 Å². The van der Waals surface area contributed by atoms with Gasteiger partial charge < -0.3 is 0 Å². The predicted molar refractivity (Wildman–Crippen MR) is 34.2 cm³/mol. The second kappa shape index (κ2) is 3.05. The average Bonchev–Trinajstić information content (AvgIpc) is 1.90. The summed E-state index contributed by atoms with van der Waals surface area (Å²) in [5.41, 5.74) is 3.24. The monoisotopic (exact) mass is 113 g/mol. The third-order valence-electron chi connectivity index (χ3n) is 1.46. The Morgan fingerprint density at radius 3 is 2.75 bits per heavy atom. The van der Waals surface area contributed by atoms with E-state index in [1.807, 2.05) is 0 Å². The molecule has 0 aromatic heterocycles. The quantitative estimate of drug-likeness (QED) is 0.530. The van der Waals surface area contributed by atoms with Crippen LogP contribution in [0.4, 0.5) is 0 Å². The van der Waals surface area contributed by atoms with Crippen LogP contribution in [0.3, 0.4) is 0 Å². The van der Waals surface area contributed by atoms with Gasteiger partial charge in [-0.3, -0.25) is 5.43 Å². The number of hydrogen-bond donors (Lipinski definition) is 1. The molecule has 1 N–H and O–H groups in total. The minimum Gasteiger partial charge on any atom is -0.255 e. The lowest BCUT2D eigenvalue weighted by molar-refractivity contribution is 0.171. The molecular weight excluding hydrogens is 100 g/mol. The molecule has 0 atom stereocenters. The topological polar surface area (TPSA) is 15.3 Å². The molecule has 2 nitrogen and oxygen atoms in total. The van der Waals surface area contributed by atoms with Crippen LogP contribution in [-0.2, 0) is 0 Å². The van der Waals surface area contributed by atoms with Gasteiger partial charge in [0.25, 0.3) is 0 Å². The Morgan fingerprint density at radius 2 is 2.38 bits per heavy atom. The molecule has 0 aromatic carbocycles. The van der Waals surface area contributed by atoms with E-state index in [9.17, 15) is 0 Å². The fourth-order valence-corrected chi connectivity index (χ4v) is 0.935. The van der Waals surface area contributed by atoms with Gasteiger partial charge in [0.05, 0.1) is 0 Å². The highest BCUT2D eigenvalue weighted by atomic mass is 15.5. The van der Waals surface area contributed by atoms with Gasteiger partial charge in [0.1, 0.15) is 0 Å². The molecule has 0 amide bonds. The smallest absolute Gasteiger partial charge is 0.0131 e. The Bertz CT molecular complexity index is 57.5. The van der Waals surface area contributed by atoms with Crippen LogP contribution in [-0.4, -0.2) is 24.6 Å². The number of nitrogens with zero attached hydrogens (tertiary/aromatic N) is 1. The van der Waals surface area contributed by atoms with Crippen molar-refractivity contribution in [2.45, 2.75) is 12.8 Å². The largest absolute Gasteiger partial charge is 0.255 e. The Labute approximate surface area is 50.8 Å². The molecule has 0 unspecified atom stereocenters. The zero-order valence-electron chi connectivity index (χ0n) is 5.19. The number of nitrogens with one attached hydrogen (secondary N) is 1. The summed E-state index contributed by atoms with van der Waals surface area (Å²) in [6, 6.07) is 0. The molecule has 0 aliphatic carbocycles. The van der Waals surface area contributed by atoms with Crippen LogP contribution in [0.5, 0.6) is 0 Å². The number of hydrazine groups is 1. The highest BCUT2D eigenvalue weighted by molar-refractivity contribution is 4.59. The van der Waals surface area contributed by atoms with E-state index in [1.165, 1.54) is 19.4 Å². The van der Waals surface area contributed by atoms with Crippen LogP contribution >= 0.6 is 0 Å². The Morgan fingerprint density at radius 1 is 1.50 bits per heavy atom. The molecule has 1 aliphatic heterocycles. The highest BCUT2D eigenvalue weighted by Gasteiger charge is 2.04. The third-order valence-corrected chi connectivity index (χ3v) is 1.46. The zero-order valence-corrected chi connectivity index (χ0v) is 5.19. The molecule has 0 bridgehead atoms. The third kappa shape index (κ3) is 1.46. The van der Waals surface area contributed by atoms with Crippen molar-refractivity contribution in [3.63, 3.8) is 0 Å². The molecule has 47 valence electrons. The van der Waals surface area contributed by atoms with Gasteiger partial charge in [-0.25, -0.2) is 5.01 Å². The van der Waals surface area contributed by atoms with Crippen LogP contribution in [0.2, 0.25) is 0 Å². The first kappa shape index (κ1) is 6.05. The number of rotatable bonds is 1. The molecule has 1 heterocycles. The molecule has 0 saturated carbocycles. The molecule has 1 saturated heterocycles. The second-order valence-corrected chi connectivity index (χ2v) is 2.10. The standard InChI is InChI=1S/C6H13N2/c1-2-8-6-4-3-5-7-8/h7H,1-6H2. The fourth-order valence-electron chi connectivity index (χ4n) is 0.935. The van der Waals surface area contributed by atoms with Gasteiger partial charge in [0, 0.05) is 19.6 Å². The lowest BCUT2D eigenvalue weighted by Gasteiger charge is -2.25. The fraction of sp³-hybridized carbons (Fsp3) is 0.833. The first-order chi connectivity index (χ1) is 3.93. The summed E-state index contributed by atoms with van der Waals surface area (Å²) in [6.45, 7) is 6.97. The van der Waals surface area contributed by atoms with E-state index in [0.717, 1.165) is 13.1 Å². The molecular formula is C6H13N2. The van der Waals surface area contributed by atoms with Crippen LogP contribution in [0.15, 0.2) is 0 Å². The Kier molecular flexibility index (Phi) is 2.30. The summed E-state index contributed by atoms with van der Waals surface area (Å²) in [5.74, 6) is 0. The van der Waals surface area contributed by atoms with Crippen molar-refractivity contribution < 1.29 is 0 Å². The van der Waals surface area contributed by atoms with Crippen molar-refractivity contribution >= 4 is 0 Å². The van der Waals surface area contributed by atoms with Gasteiger partial charge in [-0.2, -0.15) is 0 Å². The number of hydrogen-bond acceptors (Lipinski definition) is 2. The van der Waals surface area contributed by atoms with Crippen molar-refractivity contribution in [2.75, 3.05) is 19.6 Å². The maximum Gasteiger partial charge on any atom is 0.0131 e. The first-order valence-electron chi connectivity index (χ1n) is 3.21. The Balaban J connectivity index is 2.13. The lowest BCUT2D eigenvalue weighted by atomic mass is 10.3. The molecule has 1 fully saturated rings. The zero-order chi connectivity index (χ0) is 5.82. The normalized spacial score (nSPS) is 23.6. The van der Waals surface area contributed by atoms with Crippen molar-refractivity contribution in [1.29, 1.82) is 0 Å². The summed E-state index contributed by atoms with van der Waals surface area (Å²) in [5, 5.41) is 2.16. The van der Waals surface area contributed by atoms with Crippen molar-refractivity contribution in [1.82, 2.24) is 10.4 Å². The van der Waals surface area contributed by atoms with Gasteiger partial charge in [0.15, 0.2) is 0 Å². The highest BCUT2D eigenvalue weighted by Crippen LogP contribution is 1.96. The molecule has 1 aliphatic rings. The minimum atomic E-state index is 0.889. The van der Waals surface area contributed by atoms with Gasteiger partial charge in [0.2, 0.25) is 0 Å². The van der Waals surface area contributed by atoms with E-state index < -0.39 is 0 Å². The van der Waals surface area contributed by atoms with Crippen LogP contribution < -0.4 is 5.43 Å². The van der Waals surface area contributed by atoms with E-state index in [-0.39, 0.29) is 0 Å².